The van der Waals surface area contributed by atoms with Gasteiger partial charge in [-0.15, -0.1) is 0 Å². The highest BCUT2D eigenvalue weighted by atomic mass is 15.3. The van der Waals surface area contributed by atoms with Crippen molar-refractivity contribution in [2.75, 3.05) is 18.6 Å². The first-order valence-corrected chi connectivity index (χ1v) is 16.1. The standard InChI is InChI=1S/C41H39N5/c1-27-28(2)46-38(22-29(23-39(46)43-27)37-25-30(18-19-42-37)40(3,4)5)41(31-12-11-13-32(24-31)45-21-20-44(6)26-45)35-16-9-7-14-33(35)34-15-8-10-17-36(34)41/h7-25H,26H2,1-6H3. The van der Waals surface area contributed by atoms with Crippen LogP contribution in [0.3, 0.4) is 0 Å². The van der Waals surface area contributed by atoms with Crippen LogP contribution < -0.4 is 4.90 Å². The van der Waals surface area contributed by atoms with Gasteiger partial charge in [0, 0.05) is 48.3 Å². The van der Waals surface area contributed by atoms with Crippen molar-refractivity contribution in [2.45, 2.75) is 45.4 Å². The van der Waals surface area contributed by atoms with Crippen LogP contribution in [-0.4, -0.2) is 33.0 Å². The molecule has 3 aromatic heterocycles. The van der Waals surface area contributed by atoms with Gasteiger partial charge in [-0.05, 0) is 89.0 Å². The molecule has 0 saturated carbocycles. The molecule has 0 radical (unpaired) electrons. The molecule has 0 fully saturated rings. The Morgan fingerprint density at radius 3 is 2.15 bits per heavy atom. The van der Waals surface area contributed by atoms with E-state index in [-0.39, 0.29) is 5.41 Å². The third-order valence-electron chi connectivity index (χ3n) is 9.93. The highest BCUT2D eigenvalue weighted by Crippen LogP contribution is 2.57. The fourth-order valence-corrected chi connectivity index (χ4v) is 7.49. The van der Waals surface area contributed by atoms with E-state index < -0.39 is 5.41 Å². The largest absolute Gasteiger partial charge is 0.361 e. The molecule has 8 rings (SSSR count). The molecule has 46 heavy (non-hydrogen) atoms. The maximum atomic E-state index is 5.14. The van der Waals surface area contributed by atoms with Gasteiger partial charge in [0.05, 0.1) is 23.5 Å². The summed E-state index contributed by atoms with van der Waals surface area (Å²) in [6, 6.07) is 36.0. The lowest BCUT2D eigenvalue weighted by Crippen LogP contribution is -2.32. The van der Waals surface area contributed by atoms with Crippen molar-refractivity contribution in [3.05, 3.63) is 155 Å². The summed E-state index contributed by atoms with van der Waals surface area (Å²) in [7, 11) is 2.11. The molecule has 3 aromatic carbocycles. The Morgan fingerprint density at radius 1 is 0.761 bits per heavy atom. The van der Waals surface area contributed by atoms with E-state index in [4.69, 9.17) is 9.97 Å². The summed E-state index contributed by atoms with van der Waals surface area (Å²) in [5, 5.41) is 0. The molecule has 0 atom stereocenters. The van der Waals surface area contributed by atoms with Crippen LogP contribution in [0.25, 0.3) is 28.0 Å². The molecule has 1 aliphatic carbocycles. The molecule has 4 heterocycles. The van der Waals surface area contributed by atoms with Gasteiger partial charge in [-0.3, -0.25) is 9.38 Å². The lowest BCUT2D eigenvalue weighted by atomic mass is 9.69. The normalized spacial score (nSPS) is 15.1. The predicted molar refractivity (Wildman–Crippen MR) is 188 cm³/mol. The molecular formula is C41H39N5. The Morgan fingerprint density at radius 2 is 1.48 bits per heavy atom. The molecule has 0 N–H and O–H groups in total. The van der Waals surface area contributed by atoms with Crippen LogP contribution in [0.1, 0.15) is 60.1 Å². The SMILES string of the molecule is Cc1nc2cc(-c3cc(C(C)(C)C)ccn3)cc(C3(c4cccc(N5C=CN(C)C5)c4)c4ccccc4-c4ccccc43)n2c1C. The van der Waals surface area contributed by atoms with E-state index in [1.165, 1.54) is 44.8 Å². The molecule has 0 saturated heterocycles. The second-order valence-corrected chi connectivity index (χ2v) is 13.8. The Labute approximate surface area is 271 Å². The van der Waals surface area contributed by atoms with Gasteiger partial charge in [0.25, 0.3) is 0 Å². The number of pyridine rings is 2. The van der Waals surface area contributed by atoms with E-state index in [1.54, 1.807) is 0 Å². The average molecular weight is 602 g/mol. The van der Waals surface area contributed by atoms with Crippen LogP contribution >= 0.6 is 0 Å². The van der Waals surface area contributed by atoms with E-state index in [0.717, 1.165) is 35.0 Å². The van der Waals surface area contributed by atoms with Crippen molar-refractivity contribution < 1.29 is 0 Å². The summed E-state index contributed by atoms with van der Waals surface area (Å²) < 4.78 is 2.39. The molecule has 0 amide bonds. The lowest BCUT2D eigenvalue weighted by molar-refractivity contribution is 0.495. The maximum Gasteiger partial charge on any atom is 0.138 e. The highest BCUT2D eigenvalue weighted by molar-refractivity contribution is 5.87. The fourth-order valence-electron chi connectivity index (χ4n) is 7.49. The second-order valence-electron chi connectivity index (χ2n) is 13.8. The van der Waals surface area contributed by atoms with Gasteiger partial charge in [-0.25, -0.2) is 4.98 Å². The second kappa shape index (κ2) is 10.2. The summed E-state index contributed by atoms with van der Waals surface area (Å²) in [4.78, 5) is 14.6. The first kappa shape index (κ1) is 28.3. The number of aromatic nitrogens is 3. The van der Waals surface area contributed by atoms with E-state index in [1.807, 2.05) is 6.20 Å². The monoisotopic (exact) mass is 601 g/mol. The van der Waals surface area contributed by atoms with Crippen molar-refractivity contribution in [3.8, 4) is 22.4 Å². The molecular weight excluding hydrogens is 562 g/mol. The van der Waals surface area contributed by atoms with Gasteiger partial charge in [-0.2, -0.15) is 0 Å². The lowest BCUT2D eigenvalue weighted by Gasteiger charge is -2.35. The van der Waals surface area contributed by atoms with Gasteiger partial charge in [-0.1, -0.05) is 81.4 Å². The number of imidazole rings is 1. The predicted octanol–water partition coefficient (Wildman–Crippen LogP) is 8.85. The number of benzene rings is 3. The number of nitrogens with zero attached hydrogens (tertiary/aromatic N) is 5. The Hall–Kier alpha value is -5.16. The molecule has 5 heteroatoms. The van der Waals surface area contributed by atoms with Crippen molar-refractivity contribution >= 4 is 11.3 Å². The van der Waals surface area contributed by atoms with Crippen LogP contribution in [0.5, 0.6) is 0 Å². The van der Waals surface area contributed by atoms with Crippen molar-refractivity contribution in [1.29, 1.82) is 0 Å². The van der Waals surface area contributed by atoms with E-state index in [2.05, 4.69) is 165 Å². The zero-order valence-corrected chi connectivity index (χ0v) is 27.4. The molecule has 2 aliphatic rings. The quantitative estimate of drug-likeness (QED) is 0.202. The van der Waals surface area contributed by atoms with Crippen LogP contribution in [0.2, 0.25) is 0 Å². The number of hydrogen-bond donors (Lipinski definition) is 0. The van der Waals surface area contributed by atoms with E-state index >= 15 is 0 Å². The summed E-state index contributed by atoms with van der Waals surface area (Å²) in [6.07, 6.45) is 6.24. The van der Waals surface area contributed by atoms with E-state index in [9.17, 15) is 0 Å². The summed E-state index contributed by atoms with van der Waals surface area (Å²) in [5.41, 5.74) is 14.5. The van der Waals surface area contributed by atoms with E-state index in [0.29, 0.717) is 0 Å². The van der Waals surface area contributed by atoms with Crippen LogP contribution in [0.4, 0.5) is 5.69 Å². The van der Waals surface area contributed by atoms with Crippen LogP contribution in [0, 0.1) is 13.8 Å². The Kier molecular flexibility index (Phi) is 6.27. The van der Waals surface area contributed by atoms with Gasteiger partial charge >= 0.3 is 0 Å². The minimum Gasteiger partial charge on any atom is -0.361 e. The smallest absolute Gasteiger partial charge is 0.138 e. The molecule has 5 nitrogen and oxygen atoms in total. The first-order valence-electron chi connectivity index (χ1n) is 16.1. The first-order chi connectivity index (χ1) is 22.2. The van der Waals surface area contributed by atoms with Crippen molar-refractivity contribution in [3.63, 3.8) is 0 Å². The van der Waals surface area contributed by atoms with Crippen molar-refractivity contribution in [2.24, 2.45) is 0 Å². The van der Waals surface area contributed by atoms with Crippen LogP contribution in [-0.2, 0) is 10.8 Å². The topological polar surface area (TPSA) is 36.7 Å². The zero-order valence-electron chi connectivity index (χ0n) is 27.4. The number of rotatable bonds is 4. The summed E-state index contributed by atoms with van der Waals surface area (Å²) in [6.45, 7) is 11.9. The van der Waals surface area contributed by atoms with Gasteiger partial charge in [0.1, 0.15) is 5.65 Å². The number of aryl methyl sites for hydroxylation is 2. The van der Waals surface area contributed by atoms with Gasteiger partial charge < -0.3 is 9.80 Å². The van der Waals surface area contributed by atoms with Crippen molar-refractivity contribution in [1.82, 2.24) is 19.3 Å². The Bertz CT molecular complexity index is 2130. The number of anilines is 1. The molecule has 6 aromatic rings. The van der Waals surface area contributed by atoms with Gasteiger partial charge in [0.2, 0.25) is 0 Å². The minimum atomic E-state index is -0.605. The fraction of sp³-hybridized carbons (Fsp3) is 0.220. The minimum absolute atomic E-state index is 0.00812. The maximum absolute atomic E-state index is 5.14. The number of fused-ring (bicyclic) bond motifs is 4. The number of hydrogen-bond acceptors (Lipinski definition) is 4. The van der Waals surface area contributed by atoms with Gasteiger partial charge in [0.15, 0.2) is 0 Å². The third-order valence-corrected chi connectivity index (χ3v) is 9.93. The summed E-state index contributed by atoms with van der Waals surface area (Å²) in [5.74, 6) is 0. The summed E-state index contributed by atoms with van der Waals surface area (Å²) >= 11 is 0. The molecule has 228 valence electrons. The molecule has 0 unspecified atom stereocenters. The third kappa shape index (κ3) is 4.14. The zero-order chi connectivity index (χ0) is 31.8. The molecule has 1 aliphatic heterocycles. The average Bonchev–Trinajstić information content (AvgIpc) is 3.72. The highest BCUT2D eigenvalue weighted by Gasteiger charge is 2.48. The molecule has 0 bridgehead atoms. The Balaban J connectivity index is 1.50. The molecule has 0 spiro atoms. The van der Waals surface area contributed by atoms with Crippen LogP contribution in [0.15, 0.2) is 116 Å².